The highest BCUT2D eigenvalue weighted by Crippen LogP contribution is 2.32. The summed E-state index contributed by atoms with van der Waals surface area (Å²) >= 11 is 1.26. The molecular weight excluding hydrogens is 398 g/mol. The monoisotopic (exact) mass is 415 g/mol. The van der Waals surface area contributed by atoms with Crippen LogP contribution in [0.4, 0.5) is 5.69 Å². The predicted molar refractivity (Wildman–Crippen MR) is 105 cm³/mol. The summed E-state index contributed by atoms with van der Waals surface area (Å²) in [6.07, 6.45) is 1.57. The number of ether oxygens (including phenoxy) is 2. The number of nitrogens with zero attached hydrogens (tertiary/aromatic N) is 3. The molecule has 2 aromatic heterocycles. The second-order valence-corrected chi connectivity index (χ2v) is 6.56. The molecule has 0 unspecified atom stereocenters. The van der Waals surface area contributed by atoms with Crippen LogP contribution in [0.1, 0.15) is 34.7 Å². The van der Waals surface area contributed by atoms with Crippen molar-refractivity contribution in [1.29, 1.82) is 0 Å². The Morgan fingerprint density at radius 2 is 1.79 bits per heavy atom. The van der Waals surface area contributed by atoms with Crippen molar-refractivity contribution >= 4 is 29.0 Å². The van der Waals surface area contributed by atoms with Gasteiger partial charge < -0.3 is 9.47 Å². The fourth-order valence-corrected chi connectivity index (χ4v) is 3.43. The maximum absolute atomic E-state index is 12.7. The molecule has 0 saturated heterocycles. The molecule has 0 bridgehead atoms. The summed E-state index contributed by atoms with van der Waals surface area (Å²) in [5.74, 6) is -1.37. The lowest BCUT2D eigenvalue weighted by Crippen LogP contribution is -2.17. The molecule has 0 N–H and O–H groups in total. The zero-order valence-electron chi connectivity index (χ0n) is 15.7. The zero-order chi connectivity index (χ0) is 21.0. The van der Waals surface area contributed by atoms with Gasteiger partial charge in [-0.05, 0) is 37.6 Å². The molecule has 9 nitrogen and oxygen atoms in total. The molecular formula is C19H17N3O6S. The van der Waals surface area contributed by atoms with E-state index in [1.165, 1.54) is 34.1 Å². The Hall–Kier alpha value is -3.53. The van der Waals surface area contributed by atoms with Gasteiger partial charge in [-0.3, -0.25) is 14.7 Å². The Morgan fingerprint density at radius 1 is 1.14 bits per heavy atom. The summed E-state index contributed by atoms with van der Waals surface area (Å²) < 4.78 is 11.8. The molecule has 1 aromatic carbocycles. The van der Waals surface area contributed by atoms with Gasteiger partial charge in [0.25, 0.3) is 5.69 Å². The van der Waals surface area contributed by atoms with E-state index in [-0.39, 0.29) is 30.2 Å². The minimum atomic E-state index is -0.695. The summed E-state index contributed by atoms with van der Waals surface area (Å²) in [6.45, 7) is 3.58. The van der Waals surface area contributed by atoms with Crippen molar-refractivity contribution in [1.82, 2.24) is 9.55 Å². The van der Waals surface area contributed by atoms with Crippen LogP contribution in [0.15, 0.2) is 41.9 Å². The molecule has 0 saturated carbocycles. The summed E-state index contributed by atoms with van der Waals surface area (Å²) in [5.41, 5.74) is 0.979. The van der Waals surface area contributed by atoms with Crippen molar-refractivity contribution in [2.75, 3.05) is 13.2 Å². The normalized spacial score (nSPS) is 10.6. The maximum atomic E-state index is 12.7. The van der Waals surface area contributed by atoms with E-state index in [0.29, 0.717) is 16.4 Å². The molecule has 0 radical (unpaired) electrons. The van der Waals surface area contributed by atoms with Gasteiger partial charge in [-0.15, -0.1) is 11.3 Å². The lowest BCUT2D eigenvalue weighted by molar-refractivity contribution is -0.384. The molecule has 2 heterocycles. The molecule has 0 aliphatic rings. The Kier molecular flexibility index (Phi) is 6.03. The van der Waals surface area contributed by atoms with Crippen LogP contribution in [0.3, 0.4) is 0 Å². The van der Waals surface area contributed by atoms with Gasteiger partial charge in [-0.2, -0.15) is 0 Å². The molecule has 0 aliphatic carbocycles. The van der Waals surface area contributed by atoms with E-state index in [1.54, 1.807) is 37.6 Å². The smallest absolute Gasteiger partial charge is 0.356 e. The summed E-state index contributed by atoms with van der Waals surface area (Å²) in [7, 11) is 0. The maximum Gasteiger partial charge on any atom is 0.356 e. The van der Waals surface area contributed by atoms with E-state index in [0.717, 1.165) is 0 Å². The van der Waals surface area contributed by atoms with E-state index in [2.05, 4.69) is 4.98 Å². The highest BCUT2D eigenvalue weighted by atomic mass is 32.1. The van der Waals surface area contributed by atoms with Crippen LogP contribution < -0.4 is 0 Å². The molecule has 0 spiro atoms. The second kappa shape index (κ2) is 8.65. The van der Waals surface area contributed by atoms with E-state index in [1.807, 2.05) is 0 Å². The van der Waals surface area contributed by atoms with Gasteiger partial charge in [0.15, 0.2) is 5.13 Å². The van der Waals surface area contributed by atoms with Crippen molar-refractivity contribution in [2.24, 2.45) is 0 Å². The first-order valence-electron chi connectivity index (χ1n) is 8.72. The van der Waals surface area contributed by atoms with Gasteiger partial charge in [0, 0.05) is 23.7 Å². The standard InChI is InChI=1S/C19H17N3O6S/c1-3-27-17(23)14-11-15(12-5-7-13(8-6-12)22(25)26)21(19-20-9-10-29-19)16(14)18(24)28-4-2/h5-11H,3-4H2,1-2H3. The number of rotatable bonds is 7. The largest absolute Gasteiger partial charge is 0.462 e. The topological polar surface area (TPSA) is 114 Å². The highest BCUT2D eigenvalue weighted by Gasteiger charge is 2.29. The number of nitro benzene ring substituents is 1. The molecule has 0 amide bonds. The molecule has 0 atom stereocenters. The third-order valence-electron chi connectivity index (χ3n) is 3.95. The number of thiazole rings is 1. The van der Waals surface area contributed by atoms with Crippen molar-refractivity contribution in [3.63, 3.8) is 0 Å². The van der Waals surface area contributed by atoms with Crippen LogP contribution in [-0.2, 0) is 9.47 Å². The minimum Gasteiger partial charge on any atom is -0.462 e. The first-order chi connectivity index (χ1) is 14.0. The summed E-state index contributed by atoms with van der Waals surface area (Å²) in [6, 6.07) is 7.29. The Morgan fingerprint density at radius 3 is 2.34 bits per heavy atom. The van der Waals surface area contributed by atoms with Crippen molar-refractivity contribution in [3.05, 3.63) is 63.3 Å². The molecule has 10 heteroatoms. The van der Waals surface area contributed by atoms with Crippen LogP contribution in [0, 0.1) is 10.1 Å². The number of hydrogen-bond donors (Lipinski definition) is 0. The average molecular weight is 415 g/mol. The average Bonchev–Trinajstić information content (AvgIpc) is 3.36. The lowest BCUT2D eigenvalue weighted by atomic mass is 10.1. The molecule has 29 heavy (non-hydrogen) atoms. The Bertz CT molecular complexity index is 1040. The van der Waals surface area contributed by atoms with Crippen molar-refractivity contribution < 1.29 is 24.0 Å². The zero-order valence-corrected chi connectivity index (χ0v) is 16.5. The first-order valence-corrected chi connectivity index (χ1v) is 9.60. The predicted octanol–water partition coefficient (Wildman–Crippen LogP) is 3.86. The van der Waals surface area contributed by atoms with Gasteiger partial charge in [-0.25, -0.2) is 14.6 Å². The van der Waals surface area contributed by atoms with Crippen LogP contribution >= 0.6 is 11.3 Å². The first kappa shape index (κ1) is 20.2. The lowest BCUT2D eigenvalue weighted by Gasteiger charge is -2.11. The highest BCUT2D eigenvalue weighted by molar-refractivity contribution is 7.12. The molecule has 0 aliphatic heterocycles. The quantitative estimate of drug-likeness (QED) is 0.327. The number of aromatic nitrogens is 2. The van der Waals surface area contributed by atoms with Crippen LogP contribution in [0.2, 0.25) is 0 Å². The van der Waals surface area contributed by atoms with Crippen molar-refractivity contribution in [3.8, 4) is 16.4 Å². The van der Waals surface area contributed by atoms with Gasteiger partial charge in [0.2, 0.25) is 0 Å². The summed E-state index contributed by atoms with van der Waals surface area (Å²) in [5, 5.41) is 13.1. The third-order valence-corrected chi connectivity index (χ3v) is 4.71. The van der Waals surface area contributed by atoms with Crippen LogP contribution in [-0.4, -0.2) is 39.6 Å². The van der Waals surface area contributed by atoms with Crippen LogP contribution in [0.5, 0.6) is 0 Å². The van der Waals surface area contributed by atoms with E-state index in [9.17, 15) is 19.7 Å². The molecule has 0 fully saturated rings. The van der Waals surface area contributed by atoms with Gasteiger partial charge in [0.1, 0.15) is 5.69 Å². The second-order valence-electron chi connectivity index (χ2n) is 5.69. The number of nitro groups is 1. The number of esters is 2. The Labute approximate surface area is 169 Å². The minimum absolute atomic E-state index is 0.00592. The van der Waals surface area contributed by atoms with Gasteiger partial charge in [0.05, 0.1) is 29.4 Å². The van der Waals surface area contributed by atoms with E-state index >= 15 is 0 Å². The molecule has 150 valence electrons. The fraction of sp³-hybridized carbons (Fsp3) is 0.211. The summed E-state index contributed by atoms with van der Waals surface area (Å²) in [4.78, 5) is 40.0. The Balaban J connectivity index is 2.26. The van der Waals surface area contributed by atoms with Crippen LogP contribution in [0.25, 0.3) is 16.4 Å². The van der Waals surface area contributed by atoms with Gasteiger partial charge in [-0.1, -0.05) is 0 Å². The number of non-ortho nitro benzene ring substituents is 1. The molecule has 3 aromatic rings. The molecule has 3 rings (SSSR count). The number of hydrogen-bond acceptors (Lipinski definition) is 8. The number of benzene rings is 1. The number of carbonyl (C=O) groups excluding carboxylic acids is 2. The van der Waals surface area contributed by atoms with Gasteiger partial charge >= 0.3 is 11.9 Å². The third kappa shape index (κ3) is 4.02. The fourth-order valence-electron chi connectivity index (χ4n) is 2.77. The van der Waals surface area contributed by atoms with E-state index in [4.69, 9.17) is 9.47 Å². The van der Waals surface area contributed by atoms with Crippen molar-refractivity contribution in [2.45, 2.75) is 13.8 Å². The number of carbonyl (C=O) groups is 2. The SMILES string of the molecule is CCOC(=O)c1cc(-c2ccc([N+](=O)[O-])cc2)n(-c2nccs2)c1C(=O)OCC. The van der Waals surface area contributed by atoms with E-state index < -0.39 is 16.9 Å².